The predicted molar refractivity (Wildman–Crippen MR) is 118 cm³/mol. The molecule has 0 spiro atoms. The van der Waals surface area contributed by atoms with Gasteiger partial charge in [-0.2, -0.15) is 5.26 Å². The molecule has 0 aliphatic carbocycles. The topological polar surface area (TPSA) is 55.6 Å². The monoisotopic (exact) mass is 403 g/mol. The molecule has 0 atom stereocenters. The first-order valence-electron chi connectivity index (χ1n) is 11.1. The van der Waals surface area contributed by atoms with E-state index < -0.39 is 0 Å². The van der Waals surface area contributed by atoms with Crippen LogP contribution in [0.1, 0.15) is 35.1 Å². The van der Waals surface area contributed by atoms with E-state index in [0.29, 0.717) is 0 Å². The highest BCUT2D eigenvalue weighted by Gasteiger charge is 2.30. The van der Waals surface area contributed by atoms with Crippen LogP contribution in [-0.4, -0.2) is 55.8 Å². The number of nitrogens with zero attached hydrogens (tertiary/aromatic N) is 5. The molecule has 0 radical (unpaired) electrons. The number of nitriles is 1. The summed E-state index contributed by atoms with van der Waals surface area (Å²) in [7, 11) is 0. The molecule has 2 fully saturated rings. The molecule has 0 N–H and O–H groups in total. The van der Waals surface area contributed by atoms with E-state index in [0.717, 1.165) is 82.6 Å². The Kier molecular flexibility index (Phi) is 5.56. The second kappa shape index (κ2) is 8.63. The molecule has 3 aliphatic rings. The van der Waals surface area contributed by atoms with E-state index in [1.54, 1.807) is 0 Å². The molecule has 0 unspecified atom stereocenters. The van der Waals surface area contributed by atoms with Gasteiger partial charge in [-0.3, -0.25) is 4.90 Å². The van der Waals surface area contributed by atoms with Gasteiger partial charge in [0.2, 0.25) is 0 Å². The van der Waals surface area contributed by atoms with E-state index in [2.05, 4.69) is 51.1 Å². The largest absolute Gasteiger partial charge is 0.378 e. The third kappa shape index (κ3) is 3.76. The molecule has 0 saturated carbocycles. The van der Waals surface area contributed by atoms with Crippen LogP contribution in [0.5, 0.6) is 0 Å². The Labute approximate surface area is 178 Å². The molecule has 1 aromatic carbocycles. The van der Waals surface area contributed by atoms with Crippen LogP contribution in [0, 0.1) is 11.3 Å². The lowest BCUT2D eigenvalue weighted by atomic mass is 9.94. The minimum absolute atomic E-state index is 0.739. The molecule has 2 saturated heterocycles. The standard InChI is InChI=1S/C24H29N5O/c25-16-21-20-8-11-27(17-19-6-2-1-3-7-19)18-22(20)24(29-12-14-30-15-13-29)26-23(21)28-9-4-5-10-28/h1-3,6-7H,4-5,8-15,17-18H2. The summed E-state index contributed by atoms with van der Waals surface area (Å²) >= 11 is 0. The molecule has 4 heterocycles. The number of hydrogen-bond donors (Lipinski definition) is 0. The molecule has 3 aliphatic heterocycles. The van der Waals surface area contributed by atoms with Crippen LogP contribution in [0.4, 0.5) is 11.6 Å². The van der Waals surface area contributed by atoms with Crippen LogP contribution < -0.4 is 9.80 Å². The molecule has 0 bridgehead atoms. The fourth-order valence-corrected chi connectivity index (χ4v) is 4.95. The van der Waals surface area contributed by atoms with E-state index in [-0.39, 0.29) is 0 Å². The van der Waals surface area contributed by atoms with Gasteiger partial charge in [0.05, 0.1) is 18.8 Å². The maximum atomic E-state index is 10.1. The van der Waals surface area contributed by atoms with Crippen molar-refractivity contribution in [1.82, 2.24) is 9.88 Å². The zero-order valence-corrected chi connectivity index (χ0v) is 17.5. The number of anilines is 2. The van der Waals surface area contributed by atoms with Gasteiger partial charge in [0.1, 0.15) is 17.7 Å². The van der Waals surface area contributed by atoms with Crippen LogP contribution >= 0.6 is 0 Å². The van der Waals surface area contributed by atoms with Crippen molar-refractivity contribution in [2.75, 3.05) is 55.7 Å². The molecular weight excluding hydrogens is 374 g/mol. The number of fused-ring (bicyclic) bond motifs is 1. The van der Waals surface area contributed by atoms with Crippen LogP contribution in [0.3, 0.4) is 0 Å². The Hall–Kier alpha value is -2.62. The van der Waals surface area contributed by atoms with Crippen LogP contribution in [-0.2, 0) is 24.2 Å². The van der Waals surface area contributed by atoms with Crippen LogP contribution in [0.15, 0.2) is 30.3 Å². The molecule has 2 aromatic rings. The van der Waals surface area contributed by atoms with Gasteiger partial charge in [-0.25, -0.2) is 4.98 Å². The SMILES string of the molecule is N#Cc1c(N2CCCC2)nc(N2CCOCC2)c2c1CCN(Cc1ccccc1)C2. The van der Waals surface area contributed by atoms with E-state index in [1.165, 1.54) is 29.5 Å². The number of pyridine rings is 1. The molecule has 6 nitrogen and oxygen atoms in total. The lowest BCUT2D eigenvalue weighted by Gasteiger charge is -2.36. The summed E-state index contributed by atoms with van der Waals surface area (Å²) in [5, 5.41) is 10.1. The molecule has 30 heavy (non-hydrogen) atoms. The van der Waals surface area contributed by atoms with E-state index in [1.807, 2.05) is 0 Å². The molecule has 6 heteroatoms. The van der Waals surface area contributed by atoms with Crippen LogP contribution in [0.25, 0.3) is 0 Å². The fourth-order valence-electron chi connectivity index (χ4n) is 4.95. The summed E-state index contributed by atoms with van der Waals surface area (Å²) in [5.41, 5.74) is 4.61. The summed E-state index contributed by atoms with van der Waals surface area (Å²) in [6, 6.07) is 13.2. The number of benzene rings is 1. The lowest BCUT2D eigenvalue weighted by molar-refractivity contribution is 0.122. The summed E-state index contributed by atoms with van der Waals surface area (Å²) in [5.74, 6) is 1.98. The van der Waals surface area contributed by atoms with Gasteiger partial charge < -0.3 is 14.5 Å². The van der Waals surface area contributed by atoms with Gasteiger partial charge in [0.15, 0.2) is 0 Å². The van der Waals surface area contributed by atoms with Crippen molar-refractivity contribution in [3.05, 3.63) is 52.6 Å². The van der Waals surface area contributed by atoms with E-state index in [9.17, 15) is 5.26 Å². The predicted octanol–water partition coefficient (Wildman–Crippen LogP) is 2.95. The first kappa shape index (κ1) is 19.3. The smallest absolute Gasteiger partial charge is 0.149 e. The second-order valence-corrected chi connectivity index (χ2v) is 8.44. The van der Waals surface area contributed by atoms with Gasteiger partial charge in [0, 0.05) is 51.4 Å². The van der Waals surface area contributed by atoms with Crippen molar-refractivity contribution in [2.24, 2.45) is 0 Å². The zero-order valence-electron chi connectivity index (χ0n) is 17.5. The molecular formula is C24H29N5O. The van der Waals surface area contributed by atoms with Gasteiger partial charge in [-0.1, -0.05) is 30.3 Å². The minimum atomic E-state index is 0.739. The zero-order chi connectivity index (χ0) is 20.3. The number of morpholine rings is 1. The Morgan fingerprint density at radius 1 is 0.900 bits per heavy atom. The molecule has 0 amide bonds. The van der Waals surface area contributed by atoms with Crippen molar-refractivity contribution in [3.63, 3.8) is 0 Å². The average molecular weight is 404 g/mol. The number of ether oxygens (including phenoxy) is 1. The Balaban J connectivity index is 1.53. The van der Waals surface area contributed by atoms with Crippen molar-refractivity contribution >= 4 is 11.6 Å². The Bertz CT molecular complexity index is 927. The first-order chi connectivity index (χ1) is 14.8. The second-order valence-electron chi connectivity index (χ2n) is 8.44. The lowest BCUT2D eigenvalue weighted by Crippen LogP contribution is -2.40. The summed E-state index contributed by atoms with van der Waals surface area (Å²) in [6.45, 7) is 7.96. The maximum absolute atomic E-state index is 10.1. The van der Waals surface area contributed by atoms with Crippen LogP contribution in [0.2, 0.25) is 0 Å². The van der Waals surface area contributed by atoms with E-state index in [4.69, 9.17) is 9.72 Å². The Morgan fingerprint density at radius 2 is 1.63 bits per heavy atom. The quantitative estimate of drug-likeness (QED) is 0.782. The molecule has 1 aromatic heterocycles. The summed E-state index contributed by atoms with van der Waals surface area (Å²) in [4.78, 5) is 12.3. The fraction of sp³-hybridized carbons (Fsp3) is 0.500. The highest BCUT2D eigenvalue weighted by molar-refractivity contribution is 5.68. The van der Waals surface area contributed by atoms with Gasteiger partial charge in [-0.05, 0) is 30.4 Å². The third-order valence-corrected chi connectivity index (χ3v) is 6.51. The van der Waals surface area contributed by atoms with Crippen molar-refractivity contribution in [2.45, 2.75) is 32.4 Å². The van der Waals surface area contributed by atoms with E-state index >= 15 is 0 Å². The van der Waals surface area contributed by atoms with Gasteiger partial charge >= 0.3 is 0 Å². The van der Waals surface area contributed by atoms with Gasteiger partial charge in [-0.15, -0.1) is 0 Å². The number of rotatable bonds is 4. The highest BCUT2D eigenvalue weighted by atomic mass is 16.5. The van der Waals surface area contributed by atoms with Gasteiger partial charge in [0.25, 0.3) is 0 Å². The first-order valence-corrected chi connectivity index (χ1v) is 11.1. The third-order valence-electron chi connectivity index (χ3n) is 6.51. The Morgan fingerprint density at radius 3 is 2.37 bits per heavy atom. The minimum Gasteiger partial charge on any atom is -0.378 e. The average Bonchev–Trinajstić information content (AvgIpc) is 3.34. The summed E-state index contributed by atoms with van der Waals surface area (Å²) in [6.07, 6.45) is 3.27. The number of hydrogen-bond acceptors (Lipinski definition) is 6. The highest BCUT2D eigenvalue weighted by Crippen LogP contribution is 2.36. The van der Waals surface area contributed by atoms with Crippen molar-refractivity contribution in [1.29, 1.82) is 5.26 Å². The van der Waals surface area contributed by atoms with Crippen molar-refractivity contribution < 1.29 is 4.74 Å². The maximum Gasteiger partial charge on any atom is 0.149 e. The number of aromatic nitrogens is 1. The molecule has 5 rings (SSSR count). The normalized spacial score (nSPS) is 19.6. The summed E-state index contributed by atoms with van der Waals surface area (Å²) < 4.78 is 5.60. The molecule has 156 valence electrons. The van der Waals surface area contributed by atoms with Crippen molar-refractivity contribution in [3.8, 4) is 6.07 Å².